The van der Waals surface area contributed by atoms with Gasteiger partial charge in [0, 0.05) is 15.4 Å². The molecule has 0 unspecified atom stereocenters. The van der Waals surface area contributed by atoms with Gasteiger partial charge >= 0.3 is 0 Å². The topological polar surface area (TPSA) is 72.9 Å². The molecule has 3 rings (SSSR count). The maximum Gasteiger partial charge on any atom is 0.286 e. The van der Waals surface area contributed by atoms with Crippen molar-refractivity contribution in [2.24, 2.45) is 5.84 Å². The third-order valence-corrected chi connectivity index (χ3v) is 4.18. The van der Waals surface area contributed by atoms with E-state index < -0.39 is 5.91 Å². The first kappa shape index (κ1) is 15.8. The Kier molecular flexibility index (Phi) is 4.26. The van der Waals surface area contributed by atoms with E-state index in [9.17, 15) is 4.79 Å². The zero-order valence-corrected chi connectivity index (χ0v) is 13.8. The zero-order valence-electron chi connectivity index (χ0n) is 12.3. The number of nitrogen functional groups attached to an aromatic ring is 1. The van der Waals surface area contributed by atoms with Gasteiger partial charge in [0.2, 0.25) is 0 Å². The lowest BCUT2D eigenvalue weighted by atomic mass is 10.1. The molecule has 0 bridgehead atoms. The van der Waals surface area contributed by atoms with Crippen LogP contribution < -0.4 is 11.3 Å². The number of hydrogen-bond donors (Lipinski definition) is 2. The Morgan fingerprint density at radius 1 is 1.26 bits per heavy atom. The van der Waals surface area contributed by atoms with Gasteiger partial charge in [0.15, 0.2) is 5.69 Å². The lowest BCUT2D eigenvalue weighted by Gasteiger charge is -2.07. The van der Waals surface area contributed by atoms with Gasteiger partial charge in [-0.05, 0) is 42.3 Å². The largest absolute Gasteiger partial charge is 0.289 e. The number of fused-ring (bicyclic) bond motifs is 1. The average Bonchev–Trinajstić information content (AvgIpc) is 2.87. The molecule has 1 aromatic heterocycles. The van der Waals surface area contributed by atoms with Gasteiger partial charge in [0.25, 0.3) is 5.91 Å². The van der Waals surface area contributed by atoms with E-state index in [0.29, 0.717) is 22.0 Å². The van der Waals surface area contributed by atoms with Crippen molar-refractivity contribution in [1.82, 2.24) is 15.2 Å². The summed E-state index contributed by atoms with van der Waals surface area (Å²) in [6.07, 6.45) is 0. The van der Waals surface area contributed by atoms with E-state index in [4.69, 9.17) is 29.0 Å². The van der Waals surface area contributed by atoms with E-state index in [-0.39, 0.29) is 5.69 Å². The Balaban J connectivity index is 2.13. The van der Waals surface area contributed by atoms with Gasteiger partial charge in [0.1, 0.15) is 0 Å². The predicted molar refractivity (Wildman–Crippen MR) is 91.7 cm³/mol. The third kappa shape index (κ3) is 3.03. The van der Waals surface area contributed by atoms with E-state index >= 15 is 0 Å². The normalized spacial score (nSPS) is 11.0. The number of carbonyl (C=O) groups is 1. The quantitative estimate of drug-likeness (QED) is 0.433. The van der Waals surface area contributed by atoms with Gasteiger partial charge in [0.05, 0.1) is 12.1 Å². The summed E-state index contributed by atoms with van der Waals surface area (Å²) in [5.74, 6) is 4.78. The van der Waals surface area contributed by atoms with E-state index in [2.05, 4.69) is 10.5 Å². The monoisotopic (exact) mass is 348 g/mol. The fourth-order valence-electron chi connectivity index (χ4n) is 2.45. The number of amides is 1. The highest BCUT2D eigenvalue weighted by Crippen LogP contribution is 2.25. The Bertz CT molecular complexity index is 904. The van der Waals surface area contributed by atoms with Crippen molar-refractivity contribution in [2.75, 3.05) is 0 Å². The minimum atomic E-state index is -0.453. The van der Waals surface area contributed by atoms with Crippen LogP contribution >= 0.6 is 23.2 Å². The first-order valence-corrected chi connectivity index (χ1v) is 7.67. The summed E-state index contributed by atoms with van der Waals surface area (Å²) >= 11 is 12.4. The van der Waals surface area contributed by atoms with E-state index in [1.807, 2.05) is 25.1 Å². The molecule has 0 aliphatic rings. The second kappa shape index (κ2) is 6.20. The van der Waals surface area contributed by atoms with Gasteiger partial charge in [-0.25, -0.2) is 5.84 Å². The standard InChI is InChI=1S/C16H14Cl2N4O/c1-9-2-3-10(13(18)6-9)8-22-14-7-11(17)4-5-12(14)15(21-22)16(23)20-19/h2-7H,8,19H2,1H3,(H,20,23). The van der Waals surface area contributed by atoms with Gasteiger partial charge in [-0.1, -0.05) is 35.3 Å². The van der Waals surface area contributed by atoms with Crippen LogP contribution in [0.4, 0.5) is 0 Å². The van der Waals surface area contributed by atoms with Crippen molar-refractivity contribution in [2.45, 2.75) is 13.5 Å². The van der Waals surface area contributed by atoms with Gasteiger partial charge in [-0.2, -0.15) is 5.10 Å². The number of hydrazine groups is 1. The molecule has 23 heavy (non-hydrogen) atoms. The summed E-state index contributed by atoms with van der Waals surface area (Å²) in [4.78, 5) is 11.9. The highest BCUT2D eigenvalue weighted by atomic mass is 35.5. The van der Waals surface area contributed by atoms with Crippen molar-refractivity contribution in [3.8, 4) is 0 Å². The lowest BCUT2D eigenvalue weighted by Crippen LogP contribution is -2.30. The molecule has 3 aromatic rings. The van der Waals surface area contributed by atoms with Crippen molar-refractivity contribution in [1.29, 1.82) is 0 Å². The molecule has 1 heterocycles. The van der Waals surface area contributed by atoms with Crippen LogP contribution in [0.2, 0.25) is 10.0 Å². The Labute approximate surface area is 143 Å². The molecule has 0 aliphatic carbocycles. The second-order valence-electron chi connectivity index (χ2n) is 5.24. The summed E-state index contributed by atoms with van der Waals surface area (Å²) in [5, 5.41) is 6.26. The van der Waals surface area contributed by atoms with Gasteiger partial charge < -0.3 is 0 Å². The number of aromatic nitrogens is 2. The minimum Gasteiger partial charge on any atom is -0.289 e. The van der Waals surface area contributed by atoms with Crippen LogP contribution in [0.5, 0.6) is 0 Å². The molecule has 0 saturated carbocycles. The predicted octanol–water partition coefficient (Wildman–Crippen LogP) is 3.30. The summed E-state index contributed by atoms with van der Waals surface area (Å²) < 4.78 is 1.70. The Morgan fingerprint density at radius 3 is 2.74 bits per heavy atom. The molecule has 0 atom stereocenters. The molecular weight excluding hydrogens is 335 g/mol. The number of nitrogens with one attached hydrogen (secondary N) is 1. The van der Waals surface area contributed by atoms with Crippen LogP contribution in [-0.2, 0) is 6.54 Å². The van der Waals surface area contributed by atoms with Gasteiger partial charge in [-0.3, -0.25) is 14.9 Å². The van der Waals surface area contributed by atoms with Crippen LogP contribution in [0, 0.1) is 6.92 Å². The summed E-state index contributed by atoms with van der Waals surface area (Å²) in [6, 6.07) is 11.0. The smallest absolute Gasteiger partial charge is 0.286 e. The lowest BCUT2D eigenvalue weighted by molar-refractivity contribution is 0.0949. The fraction of sp³-hybridized carbons (Fsp3) is 0.125. The number of nitrogens with zero attached hydrogens (tertiary/aromatic N) is 2. The van der Waals surface area contributed by atoms with Crippen LogP contribution in [0.25, 0.3) is 10.9 Å². The number of benzene rings is 2. The number of halogens is 2. The first-order valence-electron chi connectivity index (χ1n) is 6.91. The van der Waals surface area contributed by atoms with Crippen LogP contribution in [0.15, 0.2) is 36.4 Å². The van der Waals surface area contributed by atoms with E-state index in [0.717, 1.165) is 16.6 Å². The van der Waals surface area contributed by atoms with E-state index in [1.165, 1.54) is 0 Å². The molecule has 5 nitrogen and oxygen atoms in total. The molecule has 0 spiro atoms. The summed E-state index contributed by atoms with van der Waals surface area (Å²) in [7, 11) is 0. The zero-order chi connectivity index (χ0) is 16.6. The van der Waals surface area contributed by atoms with Crippen LogP contribution in [-0.4, -0.2) is 15.7 Å². The van der Waals surface area contributed by atoms with Crippen LogP contribution in [0.3, 0.4) is 0 Å². The molecule has 0 radical (unpaired) electrons. The third-order valence-electron chi connectivity index (χ3n) is 3.59. The molecule has 0 aliphatic heterocycles. The molecular formula is C16H14Cl2N4O. The summed E-state index contributed by atoms with van der Waals surface area (Å²) in [6.45, 7) is 2.40. The van der Waals surface area contributed by atoms with Gasteiger partial charge in [-0.15, -0.1) is 0 Å². The molecule has 7 heteroatoms. The molecule has 0 fully saturated rings. The number of rotatable bonds is 3. The summed E-state index contributed by atoms with van der Waals surface area (Å²) in [5.41, 5.74) is 5.09. The molecule has 0 saturated heterocycles. The number of hydrogen-bond acceptors (Lipinski definition) is 3. The molecule has 2 aromatic carbocycles. The fourth-order valence-corrected chi connectivity index (χ4v) is 2.91. The maximum atomic E-state index is 11.9. The van der Waals surface area contributed by atoms with Crippen molar-refractivity contribution >= 4 is 40.0 Å². The maximum absolute atomic E-state index is 11.9. The second-order valence-corrected chi connectivity index (χ2v) is 6.08. The molecule has 1 amide bonds. The SMILES string of the molecule is Cc1ccc(Cn2nc(C(=O)NN)c3ccc(Cl)cc32)c(Cl)c1. The highest BCUT2D eigenvalue weighted by Gasteiger charge is 2.17. The van der Waals surface area contributed by atoms with Crippen molar-refractivity contribution in [3.63, 3.8) is 0 Å². The Hall–Kier alpha value is -2.08. The van der Waals surface area contributed by atoms with E-state index in [1.54, 1.807) is 22.9 Å². The highest BCUT2D eigenvalue weighted by molar-refractivity contribution is 6.31. The minimum absolute atomic E-state index is 0.252. The first-order chi connectivity index (χ1) is 11.0. The van der Waals surface area contributed by atoms with Crippen molar-refractivity contribution in [3.05, 3.63) is 63.3 Å². The Morgan fingerprint density at radius 2 is 2.04 bits per heavy atom. The molecule has 118 valence electrons. The molecule has 3 N–H and O–H groups in total. The number of nitrogens with two attached hydrogens (primary N) is 1. The van der Waals surface area contributed by atoms with Crippen LogP contribution in [0.1, 0.15) is 21.6 Å². The number of aryl methyl sites for hydroxylation is 1. The average molecular weight is 349 g/mol. The number of carbonyl (C=O) groups excluding carboxylic acids is 1. The van der Waals surface area contributed by atoms with Crippen molar-refractivity contribution < 1.29 is 4.79 Å².